The van der Waals surface area contributed by atoms with Gasteiger partial charge in [-0.05, 0) is 75.6 Å². The molecule has 0 amide bonds. The Kier molecular flexibility index (Phi) is 6.07. The summed E-state index contributed by atoms with van der Waals surface area (Å²) in [6, 6.07) is 13.0. The van der Waals surface area contributed by atoms with Gasteiger partial charge in [0.1, 0.15) is 0 Å². The molecule has 36 heavy (non-hydrogen) atoms. The monoisotopic (exact) mass is 477 g/mol. The van der Waals surface area contributed by atoms with Crippen molar-refractivity contribution < 1.29 is 0 Å². The van der Waals surface area contributed by atoms with Crippen LogP contribution in [0.3, 0.4) is 0 Å². The van der Waals surface area contributed by atoms with Crippen LogP contribution in [-0.2, 0) is 10.8 Å². The van der Waals surface area contributed by atoms with Gasteiger partial charge in [-0.25, -0.2) is 0 Å². The molecule has 1 heterocycles. The molecule has 188 valence electrons. The van der Waals surface area contributed by atoms with Crippen LogP contribution >= 0.6 is 0 Å². The second-order valence-electron chi connectivity index (χ2n) is 13.7. The Labute approximate surface area is 220 Å². The molecule has 1 nitrogen and oxygen atoms in total. The molecule has 2 aromatic carbocycles. The van der Waals surface area contributed by atoms with Crippen molar-refractivity contribution in [3.8, 4) is 11.1 Å². The zero-order chi connectivity index (χ0) is 26.2. The molecule has 3 aliphatic rings. The molecule has 0 bridgehead atoms. The minimum Gasteiger partial charge on any atom is -0.329 e. The highest BCUT2D eigenvalue weighted by Gasteiger charge is 2.51. The molecule has 2 unspecified atom stereocenters. The van der Waals surface area contributed by atoms with Crippen LogP contribution in [0.4, 0.5) is 0 Å². The number of benzene rings is 2. The largest absolute Gasteiger partial charge is 0.329 e. The van der Waals surface area contributed by atoms with Gasteiger partial charge in [0.25, 0.3) is 6.85 Å². The van der Waals surface area contributed by atoms with Crippen LogP contribution in [0.5, 0.6) is 0 Å². The fourth-order valence-electron chi connectivity index (χ4n) is 7.20. The van der Waals surface area contributed by atoms with E-state index in [1.54, 1.807) is 16.6 Å². The van der Waals surface area contributed by atoms with Gasteiger partial charge in [-0.3, -0.25) is 0 Å². The van der Waals surface area contributed by atoms with Crippen molar-refractivity contribution in [1.82, 2.24) is 4.81 Å². The van der Waals surface area contributed by atoms with Gasteiger partial charge in [0.15, 0.2) is 0 Å². The predicted molar refractivity (Wildman–Crippen MR) is 158 cm³/mol. The highest BCUT2D eigenvalue weighted by Crippen LogP contribution is 2.57. The summed E-state index contributed by atoms with van der Waals surface area (Å²) in [5.74, 6) is 0.371. The van der Waals surface area contributed by atoms with Gasteiger partial charge >= 0.3 is 0 Å². The van der Waals surface area contributed by atoms with Crippen LogP contribution in [0, 0.1) is 0 Å². The first-order valence-electron chi connectivity index (χ1n) is 13.9. The third kappa shape index (κ3) is 3.88. The van der Waals surface area contributed by atoms with E-state index >= 15 is 0 Å². The van der Waals surface area contributed by atoms with Crippen molar-refractivity contribution in [2.24, 2.45) is 0 Å². The first-order valence-corrected chi connectivity index (χ1v) is 13.9. The second kappa shape index (κ2) is 8.62. The number of fused-ring (bicyclic) bond motifs is 3. The van der Waals surface area contributed by atoms with Crippen molar-refractivity contribution in [2.75, 3.05) is 0 Å². The van der Waals surface area contributed by atoms with Crippen LogP contribution in [-0.4, -0.2) is 17.7 Å². The van der Waals surface area contributed by atoms with E-state index in [2.05, 4.69) is 122 Å². The minimum absolute atomic E-state index is 0.106. The quantitative estimate of drug-likeness (QED) is 0.314. The molecule has 2 aromatic rings. The van der Waals surface area contributed by atoms with E-state index in [4.69, 9.17) is 0 Å². The van der Waals surface area contributed by atoms with E-state index in [0.717, 1.165) is 12.8 Å². The maximum absolute atomic E-state index is 4.01. The lowest BCUT2D eigenvalue weighted by atomic mass is 9.38. The Hall–Kier alpha value is -2.32. The van der Waals surface area contributed by atoms with Gasteiger partial charge in [0, 0.05) is 11.9 Å². The Morgan fingerprint density at radius 1 is 0.972 bits per heavy atom. The lowest BCUT2D eigenvalue weighted by molar-refractivity contribution is 0.277. The van der Waals surface area contributed by atoms with Crippen molar-refractivity contribution in [1.29, 1.82) is 0 Å². The summed E-state index contributed by atoms with van der Waals surface area (Å²) >= 11 is 0. The van der Waals surface area contributed by atoms with Crippen molar-refractivity contribution in [3.63, 3.8) is 0 Å². The van der Waals surface area contributed by atoms with E-state index in [1.165, 1.54) is 33.4 Å². The average molecular weight is 478 g/mol. The highest BCUT2D eigenvalue weighted by molar-refractivity contribution is 6.67. The lowest BCUT2D eigenvalue weighted by Gasteiger charge is -2.48. The van der Waals surface area contributed by atoms with Crippen molar-refractivity contribution >= 4 is 6.85 Å². The van der Waals surface area contributed by atoms with Crippen LogP contribution in [0.15, 0.2) is 66.2 Å². The van der Waals surface area contributed by atoms with Gasteiger partial charge < -0.3 is 4.81 Å². The number of rotatable bonds is 4. The molecule has 0 aromatic heterocycles. The van der Waals surface area contributed by atoms with Gasteiger partial charge in [0.05, 0.1) is 0 Å². The molecule has 0 saturated heterocycles. The van der Waals surface area contributed by atoms with Gasteiger partial charge in [-0.1, -0.05) is 115 Å². The average Bonchev–Trinajstić information content (AvgIpc) is 3.37. The second-order valence-corrected chi connectivity index (χ2v) is 13.7. The molecular weight excluding hydrogens is 433 g/mol. The van der Waals surface area contributed by atoms with Crippen LogP contribution < -0.4 is 0 Å². The number of allylic oxidation sites excluding steroid dienone is 5. The van der Waals surface area contributed by atoms with E-state index in [9.17, 15) is 0 Å². The van der Waals surface area contributed by atoms with Crippen molar-refractivity contribution in [2.45, 2.75) is 104 Å². The third-order valence-electron chi connectivity index (χ3n) is 8.80. The van der Waals surface area contributed by atoms with Crippen molar-refractivity contribution in [3.05, 3.63) is 94.0 Å². The smallest absolute Gasteiger partial charge is 0.266 e. The predicted octanol–water partition coefficient (Wildman–Crippen LogP) is 9.08. The van der Waals surface area contributed by atoms with Crippen LogP contribution in [0.2, 0.25) is 0 Å². The number of nitrogens with zero attached hydrogens (tertiary/aromatic N) is 1. The molecule has 2 atom stereocenters. The fraction of sp³-hybridized carbons (Fsp3) is 0.471. The molecule has 0 saturated carbocycles. The topological polar surface area (TPSA) is 3.24 Å². The van der Waals surface area contributed by atoms with Crippen LogP contribution in [0.1, 0.15) is 115 Å². The Balaban J connectivity index is 1.79. The normalized spacial score (nSPS) is 21.4. The summed E-state index contributed by atoms with van der Waals surface area (Å²) in [6.45, 7) is 25.8. The summed E-state index contributed by atoms with van der Waals surface area (Å²) in [6.07, 6.45) is 8.91. The highest BCUT2D eigenvalue weighted by atomic mass is 15.1. The van der Waals surface area contributed by atoms with E-state index in [0.29, 0.717) is 24.7 Å². The third-order valence-corrected chi connectivity index (χ3v) is 8.80. The molecule has 0 radical (unpaired) electrons. The SMILES string of the molecule is C=CCC1=CC=C(B2C3c4cc(C(C)(C)C)ccc4-c4ccc(C(C)(C)C)c(c43)C(C)N2C(C)C)C1. The maximum atomic E-state index is 4.01. The summed E-state index contributed by atoms with van der Waals surface area (Å²) in [5.41, 5.74) is 13.9. The Bertz CT molecular complexity index is 1280. The van der Waals surface area contributed by atoms with Gasteiger partial charge in [0.2, 0.25) is 0 Å². The van der Waals surface area contributed by atoms with E-state index < -0.39 is 0 Å². The summed E-state index contributed by atoms with van der Waals surface area (Å²) in [5, 5.41) is 0. The molecule has 0 spiro atoms. The molecule has 0 fully saturated rings. The fourth-order valence-corrected chi connectivity index (χ4v) is 7.20. The zero-order valence-corrected chi connectivity index (χ0v) is 24.0. The summed E-state index contributed by atoms with van der Waals surface area (Å²) < 4.78 is 0. The lowest BCUT2D eigenvalue weighted by Crippen LogP contribution is -2.54. The standard InChI is InChI=1S/C34H44BN/c1-11-12-23-13-15-25(19-23)35-32-28-20-24(33(5,6)7)14-16-26(28)27-17-18-29(34(8,9)10)30(31(27)32)22(4)36(35)21(2)3/h11,13-18,20-22,32H,1,12,19H2,2-10H3. The van der Waals surface area contributed by atoms with E-state index in [-0.39, 0.29) is 10.8 Å². The Morgan fingerprint density at radius 2 is 1.67 bits per heavy atom. The molecule has 5 rings (SSSR count). The first kappa shape index (κ1) is 25.3. The van der Waals surface area contributed by atoms with E-state index in [1.807, 2.05) is 0 Å². The summed E-state index contributed by atoms with van der Waals surface area (Å²) in [4.78, 5) is 2.83. The number of hydrogen-bond acceptors (Lipinski definition) is 1. The molecule has 2 aliphatic carbocycles. The maximum Gasteiger partial charge on any atom is 0.266 e. The molecule has 2 heteroatoms. The first-order chi connectivity index (χ1) is 16.8. The van der Waals surface area contributed by atoms with Gasteiger partial charge in [-0.2, -0.15) is 0 Å². The molecule has 0 N–H and O–H groups in total. The Morgan fingerprint density at radius 3 is 2.28 bits per heavy atom. The zero-order valence-electron chi connectivity index (χ0n) is 24.0. The molecule has 1 aliphatic heterocycles. The summed E-state index contributed by atoms with van der Waals surface area (Å²) in [7, 11) is 0. The number of hydrogen-bond donors (Lipinski definition) is 0. The van der Waals surface area contributed by atoms with Gasteiger partial charge in [-0.15, -0.1) is 6.58 Å². The minimum atomic E-state index is 0.106. The molecular formula is C34H44BN. The van der Waals surface area contributed by atoms with Crippen LogP contribution in [0.25, 0.3) is 11.1 Å².